The summed E-state index contributed by atoms with van der Waals surface area (Å²) in [5.41, 5.74) is 1.88. The average molecular weight is 1030 g/mol. The second-order valence-corrected chi connectivity index (χ2v) is 16.6. The van der Waals surface area contributed by atoms with E-state index in [0.717, 1.165) is 0 Å². The molecule has 288 valence electrons. The van der Waals surface area contributed by atoms with Gasteiger partial charge in [-0.15, -0.1) is 0 Å². The van der Waals surface area contributed by atoms with Crippen LogP contribution in [0.5, 0.6) is 23.0 Å². The van der Waals surface area contributed by atoms with Crippen LogP contribution in [0.15, 0.2) is 71.0 Å². The second kappa shape index (κ2) is 25.7. The molecule has 2 heterocycles. The molecule has 0 bridgehead atoms. The Morgan fingerprint density at radius 3 is 1.36 bits per heavy atom. The number of aromatic nitrogens is 4. The van der Waals surface area contributed by atoms with Gasteiger partial charge >= 0.3 is 118 Å². The smallest absolute Gasteiger partial charge is 0.790 e. The van der Waals surface area contributed by atoms with Gasteiger partial charge in [-0.3, -0.25) is 9.13 Å². The molecule has 0 aliphatic carbocycles. The number of phosphoric ester groups is 2. The Labute approximate surface area is 458 Å². The minimum absolute atomic E-state index is 0. The van der Waals surface area contributed by atoms with Crippen LogP contribution >= 0.6 is 109 Å². The van der Waals surface area contributed by atoms with Gasteiger partial charge in [0, 0.05) is 12.1 Å². The molecule has 0 saturated heterocycles. The van der Waals surface area contributed by atoms with Crippen molar-refractivity contribution in [3.05, 3.63) is 90.8 Å². The van der Waals surface area contributed by atoms with E-state index in [1.807, 2.05) is 0 Å². The van der Waals surface area contributed by atoms with E-state index in [-0.39, 0.29) is 150 Å². The van der Waals surface area contributed by atoms with Gasteiger partial charge in [-0.05, 0) is 48.9 Å². The zero-order valence-corrected chi connectivity index (χ0v) is 47.0. The first-order valence-corrected chi connectivity index (χ1v) is 22.1. The van der Waals surface area contributed by atoms with E-state index in [4.69, 9.17) is 79.1 Å². The minimum atomic E-state index is -5.15. The third-order valence-corrected chi connectivity index (χ3v) is 11.3. The maximum Gasteiger partial charge on any atom is 1.00 e. The van der Waals surface area contributed by atoms with Crippen molar-refractivity contribution in [3.8, 4) is 23.0 Å². The van der Waals surface area contributed by atoms with Crippen molar-refractivity contribution in [2.45, 2.75) is 23.8 Å². The Kier molecular flexibility index (Phi) is 25.7. The largest absolute Gasteiger partial charge is 1.00 e. The van der Waals surface area contributed by atoms with Crippen LogP contribution in [0.2, 0.25) is 30.1 Å². The summed E-state index contributed by atoms with van der Waals surface area (Å²) in [5, 5.41) is 2.46. The van der Waals surface area contributed by atoms with Crippen LogP contribution in [-0.4, -0.2) is 31.6 Å². The monoisotopic (exact) mass is 1020 g/mol. The van der Waals surface area contributed by atoms with Gasteiger partial charge in [-0.1, -0.05) is 105 Å². The molecule has 0 aliphatic heterocycles. The number of hydrogen-bond acceptors (Lipinski definition) is 14. The van der Waals surface area contributed by atoms with E-state index in [1.165, 1.54) is 38.7 Å². The summed E-state index contributed by atoms with van der Waals surface area (Å²) in [7, 11) is -10.3. The van der Waals surface area contributed by atoms with E-state index < -0.39 is 29.1 Å². The summed E-state index contributed by atoms with van der Waals surface area (Å²) in [6.07, 6.45) is 3.49. The van der Waals surface area contributed by atoms with Gasteiger partial charge < -0.3 is 47.2 Å². The van der Waals surface area contributed by atoms with Gasteiger partial charge in [-0.25, -0.2) is 9.97 Å². The average Bonchev–Trinajstić information content (AvgIpc) is 3.62. The molecule has 58 heavy (non-hydrogen) atoms. The number of benzene rings is 4. The summed E-state index contributed by atoms with van der Waals surface area (Å²) >= 11 is 39.3. The summed E-state index contributed by atoms with van der Waals surface area (Å²) in [6.45, 7) is -1.02. The summed E-state index contributed by atoms with van der Waals surface area (Å²) in [5.74, 6) is 1.14. The van der Waals surface area contributed by atoms with Gasteiger partial charge in [0.15, 0.2) is 10.3 Å². The van der Waals surface area contributed by atoms with Crippen LogP contribution in [0, 0.1) is 0 Å². The SMILES string of the molecule is CSc1nc2cc(Cl)c(Oc3cccc(Cl)c3Cl)cc2n1COP(=O)([O-])[O-].CSc1nc2cc(Oc3cccc(Cl)c3Cl)c(Cl)cc2n1COP(=O)([O-])[O-].[Na+].[Na+].[Na+].[Na+]. The molecule has 6 rings (SSSR count). The van der Waals surface area contributed by atoms with Crippen LogP contribution in [0.25, 0.3) is 22.1 Å². The number of rotatable bonds is 12. The summed E-state index contributed by atoms with van der Waals surface area (Å²) < 4.78 is 44.7. The molecule has 0 fully saturated rings. The zero-order valence-electron chi connectivity index (χ0n) is 31.0. The van der Waals surface area contributed by atoms with Gasteiger partial charge in [-0.2, -0.15) is 0 Å². The number of phosphoric acid groups is 2. The predicted octanol–water partition coefficient (Wildman–Crippen LogP) is -3.36. The number of halogens is 6. The van der Waals surface area contributed by atoms with E-state index in [0.29, 0.717) is 53.9 Å². The van der Waals surface area contributed by atoms with Crippen molar-refractivity contribution in [2.24, 2.45) is 0 Å². The fourth-order valence-electron chi connectivity index (χ4n) is 4.55. The first kappa shape index (κ1) is 58.1. The zero-order chi connectivity index (χ0) is 39.5. The molecule has 0 aliphatic rings. The molecule has 6 aromatic rings. The molecule has 0 radical (unpaired) electrons. The Balaban J connectivity index is 0.000000543. The number of thioether (sulfide) groups is 2. The molecule has 0 atom stereocenters. The van der Waals surface area contributed by atoms with Crippen molar-refractivity contribution in [3.63, 3.8) is 0 Å². The number of nitrogens with zero attached hydrogens (tertiary/aromatic N) is 4. The number of imidazole rings is 2. The molecule has 4 aromatic carbocycles. The molecule has 0 saturated carbocycles. The third kappa shape index (κ3) is 15.6. The fourth-order valence-corrected chi connectivity index (χ4v) is 7.24. The molecular formula is C30H20Cl6N4Na4O10P2S2. The quantitative estimate of drug-likeness (QED) is 0.0670. The molecule has 28 heteroatoms. The maximum absolute atomic E-state index is 10.8. The van der Waals surface area contributed by atoms with E-state index in [9.17, 15) is 28.7 Å². The van der Waals surface area contributed by atoms with Crippen molar-refractivity contribution in [1.82, 2.24) is 19.1 Å². The first-order chi connectivity index (χ1) is 25.4. The van der Waals surface area contributed by atoms with E-state index in [2.05, 4.69) is 19.0 Å². The topological polar surface area (TPSA) is 199 Å². The predicted molar refractivity (Wildman–Crippen MR) is 204 cm³/mol. The number of ether oxygens (including phenoxy) is 2. The van der Waals surface area contributed by atoms with E-state index in [1.54, 1.807) is 67.1 Å². The van der Waals surface area contributed by atoms with Crippen molar-refractivity contribution < 1.29 is 165 Å². The van der Waals surface area contributed by atoms with Gasteiger partial charge in [0.05, 0.1) is 57.8 Å². The fraction of sp³-hybridized carbons (Fsp3) is 0.133. The van der Waals surface area contributed by atoms with Crippen molar-refractivity contribution in [1.29, 1.82) is 0 Å². The van der Waals surface area contributed by atoms with E-state index >= 15 is 0 Å². The Morgan fingerprint density at radius 2 is 0.948 bits per heavy atom. The third-order valence-electron chi connectivity index (χ3n) is 6.86. The van der Waals surface area contributed by atoms with Gasteiger partial charge in [0.25, 0.3) is 0 Å². The van der Waals surface area contributed by atoms with Crippen LogP contribution in [0.1, 0.15) is 0 Å². The number of fused-ring (bicyclic) bond motifs is 2. The number of hydrogen-bond donors (Lipinski definition) is 0. The first-order valence-electron chi connectivity index (χ1n) is 14.4. The van der Waals surface area contributed by atoms with Crippen LogP contribution in [0.3, 0.4) is 0 Å². The van der Waals surface area contributed by atoms with Crippen LogP contribution in [-0.2, 0) is 31.6 Å². The summed E-state index contributed by atoms with van der Waals surface area (Å²) in [6, 6.07) is 16.0. The van der Waals surface area contributed by atoms with Crippen molar-refractivity contribution >= 4 is 131 Å². The Hall–Kier alpha value is 2.08. The molecular weight excluding hydrogens is 1010 g/mol. The Bertz CT molecular complexity index is 2470. The molecule has 0 amide bonds. The normalized spacial score (nSPS) is 11.1. The molecule has 14 nitrogen and oxygen atoms in total. The second-order valence-electron chi connectivity index (χ2n) is 10.3. The van der Waals surface area contributed by atoms with Crippen LogP contribution < -0.4 is 147 Å². The molecule has 0 N–H and O–H groups in total. The maximum atomic E-state index is 10.8. The van der Waals surface area contributed by atoms with Crippen LogP contribution in [0.4, 0.5) is 0 Å². The Morgan fingerprint density at radius 1 is 0.569 bits per heavy atom. The molecule has 2 aromatic heterocycles. The standard InChI is InChI=1S/2C15H12Cl3N2O5PS.4Na/c1-27-15-19-10-6-13(25-12-4-2-3-8(16)14(12)18)9(17)5-11(10)20(15)7-24-26(21,22)23;1-27-15-19-10-5-9(17)13(25-12-4-2-3-8(16)14(12)18)6-11(10)20(15)7-24-26(21,22)23;;;;/h2*2-6H,7H2,1H3,(H2,21,22,23);;;;/q;;4*+1/p-4. The minimum Gasteiger partial charge on any atom is -0.790 e. The van der Waals surface area contributed by atoms with Gasteiger partial charge in [0.2, 0.25) is 0 Å². The van der Waals surface area contributed by atoms with Crippen molar-refractivity contribution in [2.75, 3.05) is 12.5 Å². The summed E-state index contributed by atoms with van der Waals surface area (Å²) in [4.78, 5) is 51.9. The molecule has 0 unspecified atom stereocenters. The van der Waals surface area contributed by atoms with Gasteiger partial charge in [0.1, 0.15) is 46.5 Å². The molecule has 0 spiro atoms.